The second kappa shape index (κ2) is 6.93. The van der Waals surface area contributed by atoms with Gasteiger partial charge in [-0.25, -0.2) is 0 Å². The number of nitrogens with zero attached hydrogens (tertiary/aromatic N) is 2. The number of nitriles is 1. The molecular formula is C17H20N2O. The van der Waals surface area contributed by atoms with Gasteiger partial charge in [-0.15, -0.1) is 0 Å². The maximum Gasteiger partial charge on any atom is 0.127 e. The first-order valence-electron chi connectivity index (χ1n) is 7.01. The lowest BCUT2D eigenvalue weighted by molar-refractivity contribution is 0.0683. The predicted molar refractivity (Wildman–Crippen MR) is 82.6 cm³/mol. The Morgan fingerprint density at radius 1 is 1.20 bits per heavy atom. The molecule has 0 spiro atoms. The lowest BCUT2D eigenvalue weighted by Gasteiger charge is -2.31. The highest BCUT2D eigenvalue weighted by atomic mass is 16.5. The summed E-state index contributed by atoms with van der Waals surface area (Å²) in [4.78, 5) is 2.22. The molecule has 0 heterocycles. The van der Waals surface area contributed by atoms with Crippen molar-refractivity contribution in [2.45, 2.75) is 26.5 Å². The Labute approximate surface area is 120 Å². The van der Waals surface area contributed by atoms with E-state index in [4.69, 9.17) is 10.00 Å². The van der Waals surface area contributed by atoms with Crippen LogP contribution >= 0.6 is 0 Å². The van der Waals surface area contributed by atoms with E-state index >= 15 is 0 Å². The lowest BCUT2D eigenvalue weighted by atomic mass is 10.1. The van der Waals surface area contributed by atoms with Crippen molar-refractivity contribution in [1.29, 1.82) is 5.26 Å². The van der Waals surface area contributed by atoms with E-state index in [1.807, 2.05) is 6.92 Å². The van der Waals surface area contributed by atoms with Crippen LogP contribution in [-0.4, -0.2) is 19.4 Å². The van der Waals surface area contributed by atoms with E-state index in [0.29, 0.717) is 13.0 Å². The summed E-state index contributed by atoms with van der Waals surface area (Å²) in [6, 6.07) is 16.8. The van der Waals surface area contributed by atoms with Crippen LogP contribution in [0.5, 0.6) is 0 Å². The fourth-order valence-corrected chi connectivity index (χ4v) is 2.45. The van der Waals surface area contributed by atoms with E-state index in [1.165, 1.54) is 16.5 Å². The molecule has 0 aliphatic heterocycles. The Hall–Kier alpha value is -2.05. The van der Waals surface area contributed by atoms with Gasteiger partial charge in [0.2, 0.25) is 0 Å². The molecular weight excluding hydrogens is 248 g/mol. The molecule has 104 valence electrons. The van der Waals surface area contributed by atoms with Crippen molar-refractivity contribution in [3.8, 4) is 6.07 Å². The Balaban J connectivity index is 2.27. The van der Waals surface area contributed by atoms with Gasteiger partial charge >= 0.3 is 0 Å². The zero-order valence-corrected chi connectivity index (χ0v) is 12.0. The number of ether oxygens (including phenoxy) is 1. The third-order valence-corrected chi connectivity index (χ3v) is 3.43. The van der Waals surface area contributed by atoms with Crippen LogP contribution in [0.4, 0.5) is 5.69 Å². The molecule has 2 aromatic rings. The van der Waals surface area contributed by atoms with Crippen LogP contribution in [0.3, 0.4) is 0 Å². The molecule has 0 radical (unpaired) electrons. The quantitative estimate of drug-likeness (QED) is 0.588. The van der Waals surface area contributed by atoms with E-state index in [-0.39, 0.29) is 6.23 Å². The van der Waals surface area contributed by atoms with Gasteiger partial charge in [0.1, 0.15) is 6.23 Å². The maximum absolute atomic E-state index is 8.59. The van der Waals surface area contributed by atoms with Crippen LogP contribution in [0.1, 0.15) is 20.3 Å². The molecule has 0 aliphatic carbocycles. The number of hydrogen-bond acceptors (Lipinski definition) is 3. The second-order valence-corrected chi connectivity index (χ2v) is 4.66. The lowest BCUT2D eigenvalue weighted by Crippen LogP contribution is -2.35. The summed E-state index contributed by atoms with van der Waals surface area (Å²) >= 11 is 0. The van der Waals surface area contributed by atoms with Crippen molar-refractivity contribution in [1.82, 2.24) is 0 Å². The van der Waals surface area contributed by atoms with Crippen LogP contribution in [-0.2, 0) is 4.74 Å². The summed E-state index contributed by atoms with van der Waals surface area (Å²) in [6.45, 7) is 5.48. The van der Waals surface area contributed by atoms with Crippen molar-refractivity contribution >= 4 is 16.5 Å². The smallest absolute Gasteiger partial charge is 0.127 e. The number of hydrogen-bond donors (Lipinski definition) is 0. The molecule has 3 heteroatoms. The SMILES string of the molecule is CCN(c1cccc2ccccc12)C(C)OCCC#N. The first-order chi connectivity index (χ1) is 9.77. The minimum atomic E-state index is -0.0424. The highest BCUT2D eigenvalue weighted by Gasteiger charge is 2.15. The molecule has 0 amide bonds. The van der Waals surface area contributed by atoms with Crippen LogP contribution in [0, 0.1) is 11.3 Å². The molecule has 20 heavy (non-hydrogen) atoms. The molecule has 2 rings (SSSR count). The zero-order valence-electron chi connectivity index (χ0n) is 12.0. The van der Waals surface area contributed by atoms with Crippen LogP contribution in [0.15, 0.2) is 42.5 Å². The van der Waals surface area contributed by atoms with E-state index in [0.717, 1.165) is 6.54 Å². The summed E-state index contributed by atoms with van der Waals surface area (Å²) in [5, 5.41) is 11.0. The number of fused-ring (bicyclic) bond motifs is 1. The van der Waals surface area contributed by atoms with Gasteiger partial charge < -0.3 is 9.64 Å². The minimum absolute atomic E-state index is 0.0424. The van der Waals surface area contributed by atoms with Gasteiger partial charge in [0.25, 0.3) is 0 Å². The molecule has 1 atom stereocenters. The monoisotopic (exact) mass is 268 g/mol. The average molecular weight is 268 g/mol. The largest absolute Gasteiger partial charge is 0.358 e. The van der Waals surface area contributed by atoms with Gasteiger partial charge in [0.05, 0.1) is 19.1 Å². The van der Waals surface area contributed by atoms with E-state index in [2.05, 4.69) is 60.4 Å². The fourth-order valence-electron chi connectivity index (χ4n) is 2.45. The van der Waals surface area contributed by atoms with Gasteiger partial charge in [-0.2, -0.15) is 5.26 Å². The van der Waals surface area contributed by atoms with Crippen molar-refractivity contribution in [3.05, 3.63) is 42.5 Å². The topological polar surface area (TPSA) is 36.3 Å². The van der Waals surface area contributed by atoms with Crippen molar-refractivity contribution in [2.75, 3.05) is 18.1 Å². The standard InChI is InChI=1S/C17H20N2O/c1-3-19(14(2)20-13-7-12-18)17-11-6-9-15-8-4-5-10-16(15)17/h4-6,8-11,14H,3,7,13H2,1-2H3. The molecule has 0 saturated carbocycles. The van der Waals surface area contributed by atoms with Crippen LogP contribution < -0.4 is 4.90 Å². The van der Waals surface area contributed by atoms with Gasteiger partial charge in [0, 0.05) is 17.6 Å². The zero-order chi connectivity index (χ0) is 14.4. The highest BCUT2D eigenvalue weighted by molar-refractivity contribution is 5.94. The summed E-state index contributed by atoms with van der Waals surface area (Å²) in [7, 11) is 0. The molecule has 3 nitrogen and oxygen atoms in total. The minimum Gasteiger partial charge on any atom is -0.358 e. The van der Waals surface area contributed by atoms with Gasteiger partial charge in [-0.1, -0.05) is 36.4 Å². The average Bonchev–Trinajstić information content (AvgIpc) is 2.48. The number of rotatable bonds is 6. The van der Waals surface area contributed by atoms with E-state index in [9.17, 15) is 0 Å². The second-order valence-electron chi connectivity index (χ2n) is 4.66. The Kier molecular flexibility index (Phi) is 4.97. The third-order valence-electron chi connectivity index (χ3n) is 3.43. The molecule has 0 bridgehead atoms. The van der Waals surface area contributed by atoms with Gasteiger partial charge in [0.15, 0.2) is 0 Å². The van der Waals surface area contributed by atoms with E-state index < -0.39 is 0 Å². The maximum atomic E-state index is 8.59. The van der Waals surface area contributed by atoms with Crippen molar-refractivity contribution in [2.24, 2.45) is 0 Å². The number of anilines is 1. The molecule has 0 fully saturated rings. The predicted octanol–water partition coefficient (Wildman–Crippen LogP) is 3.94. The van der Waals surface area contributed by atoms with Crippen LogP contribution in [0.25, 0.3) is 10.8 Å². The number of benzene rings is 2. The third kappa shape index (κ3) is 3.09. The summed E-state index contributed by atoms with van der Waals surface area (Å²) in [6.07, 6.45) is 0.386. The van der Waals surface area contributed by atoms with Crippen LogP contribution in [0.2, 0.25) is 0 Å². The van der Waals surface area contributed by atoms with Crippen molar-refractivity contribution < 1.29 is 4.74 Å². The first kappa shape index (κ1) is 14.4. The molecule has 1 unspecified atom stereocenters. The Morgan fingerprint density at radius 2 is 1.95 bits per heavy atom. The normalized spacial score (nSPS) is 12.1. The highest BCUT2D eigenvalue weighted by Crippen LogP contribution is 2.28. The Morgan fingerprint density at radius 3 is 2.70 bits per heavy atom. The van der Waals surface area contributed by atoms with Gasteiger partial charge in [-0.3, -0.25) is 0 Å². The first-order valence-corrected chi connectivity index (χ1v) is 7.01. The molecule has 0 aromatic heterocycles. The summed E-state index contributed by atoms with van der Waals surface area (Å²) < 4.78 is 5.74. The van der Waals surface area contributed by atoms with Crippen molar-refractivity contribution in [3.63, 3.8) is 0 Å². The molecule has 2 aromatic carbocycles. The summed E-state index contributed by atoms with van der Waals surface area (Å²) in [5.41, 5.74) is 1.18. The molecule has 0 N–H and O–H groups in total. The fraction of sp³-hybridized carbons (Fsp3) is 0.353. The van der Waals surface area contributed by atoms with Gasteiger partial charge in [-0.05, 0) is 25.3 Å². The van der Waals surface area contributed by atoms with E-state index in [1.54, 1.807) is 0 Å². The Bertz CT molecular complexity index is 598. The summed E-state index contributed by atoms with van der Waals surface area (Å²) in [5.74, 6) is 0. The molecule has 0 saturated heterocycles. The molecule has 0 aliphatic rings.